The highest BCUT2D eigenvalue weighted by Crippen LogP contribution is 2.35. The second kappa shape index (κ2) is 9.45. The van der Waals surface area contributed by atoms with E-state index in [0.717, 1.165) is 60.4 Å². The van der Waals surface area contributed by atoms with Crippen LogP contribution in [-0.2, 0) is 6.42 Å². The molecule has 1 atom stereocenters. The van der Waals surface area contributed by atoms with E-state index in [4.69, 9.17) is 5.10 Å². The number of likely N-dealkylation sites (tertiary alicyclic amines) is 1. The van der Waals surface area contributed by atoms with Crippen LogP contribution in [0.2, 0.25) is 0 Å². The Morgan fingerprint density at radius 3 is 2.18 bits per heavy atom. The van der Waals surface area contributed by atoms with Crippen molar-refractivity contribution in [3.8, 4) is 16.9 Å². The first-order chi connectivity index (χ1) is 16.3. The van der Waals surface area contributed by atoms with E-state index in [1.165, 1.54) is 5.56 Å². The molecule has 5 rings (SSSR count). The highest BCUT2D eigenvalue weighted by atomic mass is 16.2. The lowest BCUT2D eigenvalue weighted by molar-refractivity contribution is 0.0611. The molecule has 4 heteroatoms. The van der Waals surface area contributed by atoms with Crippen LogP contribution in [0.5, 0.6) is 0 Å². The molecule has 1 aliphatic heterocycles. The molecule has 0 radical (unpaired) electrons. The van der Waals surface area contributed by atoms with Gasteiger partial charge in [-0.15, -0.1) is 0 Å². The zero-order valence-corrected chi connectivity index (χ0v) is 19.0. The first-order valence-electron chi connectivity index (χ1n) is 11.9. The number of carbonyl (C=O) groups is 1. The second-order valence-corrected chi connectivity index (χ2v) is 8.56. The molecule has 3 aromatic carbocycles. The lowest BCUT2D eigenvalue weighted by atomic mass is 9.93. The molecule has 1 saturated heterocycles. The van der Waals surface area contributed by atoms with E-state index in [1.807, 2.05) is 71.4 Å². The zero-order chi connectivity index (χ0) is 22.6. The number of benzene rings is 3. The number of rotatable bonds is 5. The van der Waals surface area contributed by atoms with Crippen molar-refractivity contribution >= 4 is 5.91 Å². The van der Waals surface area contributed by atoms with Gasteiger partial charge >= 0.3 is 0 Å². The van der Waals surface area contributed by atoms with Crippen molar-refractivity contribution in [1.82, 2.24) is 14.7 Å². The summed E-state index contributed by atoms with van der Waals surface area (Å²) in [6.07, 6.45) is 3.88. The van der Waals surface area contributed by atoms with Crippen LogP contribution in [0.1, 0.15) is 53.8 Å². The third-order valence-electron chi connectivity index (χ3n) is 6.53. The summed E-state index contributed by atoms with van der Waals surface area (Å²) in [5, 5.41) is 5.00. The lowest BCUT2D eigenvalue weighted by Gasteiger charge is -2.36. The molecule has 0 saturated carbocycles. The summed E-state index contributed by atoms with van der Waals surface area (Å²) < 4.78 is 1.96. The van der Waals surface area contributed by atoms with Gasteiger partial charge in [-0.05, 0) is 43.4 Å². The Bertz CT molecular complexity index is 1220. The predicted molar refractivity (Wildman–Crippen MR) is 132 cm³/mol. The average molecular weight is 436 g/mol. The number of hydrogen-bond acceptors (Lipinski definition) is 2. The van der Waals surface area contributed by atoms with Crippen LogP contribution in [0.15, 0.2) is 91.0 Å². The third-order valence-corrected chi connectivity index (χ3v) is 6.53. The van der Waals surface area contributed by atoms with Gasteiger partial charge in [-0.1, -0.05) is 85.8 Å². The number of hydrogen-bond donors (Lipinski definition) is 0. The van der Waals surface area contributed by atoms with Crippen molar-refractivity contribution < 1.29 is 4.79 Å². The molecule has 166 valence electrons. The molecule has 1 aliphatic rings. The van der Waals surface area contributed by atoms with Crippen LogP contribution >= 0.6 is 0 Å². The summed E-state index contributed by atoms with van der Waals surface area (Å²) in [4.78, 5) is 16.4. The SMILES string of the molecule is CCc1c(C(=O)N2CCCCC2c2ccccc2)c(-c2ccccc2)nn1-c1ccccc1. The highest BCUT2D eigenvalue weighted by Gasteiger charge is 2.33. The average Bonchev–Trinajstić information content (AvgIpc) is 3.29. The Morgan fingerprint density at radius 2 is 1.52 bits per heavy atom. The van der Waals surface area contributed by atoms with Crippen molar-refractivity contribution in [1.29, 1.82) is 0 Å². The molecule has 1 unspecified atom stereocenters. The molecular weight excluding hydrogens is 406 g/mol. The predicted octanol–water partition coefficient (Wildman–Crippen LogP) is 6.47. The summed E-state index contributed by atoms with van der Waals surface area (Å²) >= 11 is 0. The van der Waals surface area contributed by atoms with E-state index in [2.05, 4.69) is 36.1 Å². The van der Waals surface area contributed by atoms with Gasteiger partial charge in [0.15, 0.2) is 0 Å². The van der Waals surface area contributed by atoms with Gasteiger partial charge in [0.25, 0.3) is 5.91 Å². The van der Waals surface area contributed by atoms with Crippen LogP contribution in [0, 0.1) is 0 Å². The molecule has 1 amide bonds. The maximum atomic E-state index is 14.3. The molecule has 1 fully saturated rings. The Kier molecular flexibility index (Phi) is 6.07. The van der Waals surface area contributed by atoms with Gasteiger partial charge in [0.1, 0.15) is 5.69 Å². The molecule has 0 N–H and O–H groups in total. The van der Waals surface area contributed by atoms with Crippen LogP contribution in [0.25, 0.3) is 16.9 Å². The van der Waals surface area contributed by atoms with Crippen LogP contribution < -0.4 is 0 Å². The quantitative estimate of drug-likeness (QED) is 0.360. The molecule has 2 heterocycles. The smallest absolute Gasteiger partial charge is 0.258 e. The fourth-order valence-electron chi connectivity index (χ4n) is 4.93. The van der Waals surface area contributed by atoms with E-state index < -0.39 is 0 Å². The Labute approximate surface area is 195 Å². The topological polar surface area (TPSA) is 38.1 Å². The maximum Gasteiger partial charge on any atom is 0.258 e. The van der Waals surface area contributed by atoms with Gasteiger partial charge in [0.2, 0.25) is 0 Å². The minimum atomic E-state index is 0.0847. The molecule has 4 nitrogen and oxygen atoms in total. The Morgan fingerprint density at radius 1 is 0.879 bits per heavy atom. The van der Waals surface area contributed by atoms with Gasteiger partial charge in [-0.25, -0.2) is 4.68 Å². The van der Waals surface area contributed by atoms with E-state index >= 15 is 0 Å². The number of amides is 1. The van der Waals surface area contributed by atoms with Gasteiger partial charge in [0.05, 0.1) is 23.0 Å². The molecular formula is C29H29N3O. The standard InChI is InChI=1S/C29H29N3O/c1-2-25-27(29(33)31-21-13-12-20-26(31)22-14-6-3-7-15-22)28(23-16-8-4-9-17-23)30-32(25)24-18-10-5-11-19-24/h3-11,14-19,26H,2,12-13,20-21H2,1H3. The Balaban J connectivity index is 1.66. The summed E-state index contributed by atoms with van der Waals surface area (Å²) in [7, 11) is 0. The van der Waals surface area contributed by atoms with Gasteiger partial charge in [-0.2, -0.15) is 5.10 Å². The van der Waals surface area contributed by atoms with Gasteiger partial charge < -0.3 is 4.90 Å². The monoisotopic (exact) mass is 435 g/mol. The minimum absolute atomic E-state index is 0.0847. The Hall–Kier alpha value is -3.66. The summed E-state index contributed by atoms with van der Waals surface area (Å²) in [5.41, 5.74) is 5.61. The normalized spacial score (nSPS) is 16.0. The summed E-state index contributed by atoms with van der Waals surface area (Å²) in [6, 6.07) is 30.7. The highest BCUT2D eigenvalue weighted by molar-refractivity contribution is 6.01. The lowest BCUT2D eigenvalue weighted by Crippen LogP contribution is -2.39. The first-order valence-corrected chi connectivity index (χ1v) is 11.9. The van der Waals surface area contributed by atoms with Crippen molar-refractivity contribution in [3.63, 3.8) is 0 Å². The molecule has 1 aromatic heterocycles. The van der Waals surface area contributed by atoms with Crippen LogP contribution in [-0.4, -0.2) is 27.1 Å². The second-order valence-electron chi connectivity index (χ2n) is 8.56. The van der Waals surface area contributed by atoms with Gasteiger partial charge in [0, 0.05) is 12.1 Å². The fraction of sp³-hybridized carbons (Fsp3) is 0.241. The van der Waals surface area contributed by atoms with E-state index in [1.54, 1.807) is 0 Å². The molecule has 4 aromatic rings. The van der Waals surface area contributed by atoms with E-state index in [-0.39, 0.29) is 11.9 Å². The number of nitrogens with zero attached hydrogens (tertiary/aromatic N) is 3. The summed E-state index contributed by atoms with van der Waals surface area (Å²) in [5.74, 6) is 0.0847. The van der Waals surface area contributed by atoms with Crippen LogP contribution in [0.4, 0.5) is 0 Å². The number of carbonyl (C=O) groups excluding carboxylic acids is 1. The largest absolute Gasteiger partial charge is 0.331 e. The fourth-order valence-corrected chi connectivity index (χ4v) is 4.93. The van der Waals surface area contributed by atoms with Crippen molar-refractivity contribution in [3.05, 3.63) is 108 Å². The van der Waals surface area contributed by atoms with Crippen molar-refractivity contribution in [2.24, 2.45) is 0 Å². The summed E-state index contributed by atoms with van der Waals surface area (Å²) in [6.45, 7) is 2.87. The zero-order valence-electron chi connectivity index (χ0n) is 19.0. The van der Waals surface area contributed by atoms with Crippen LogP contribution in [0.3, 0.4) is 0 Å². The van der Waals surface area contributed by atoms with E-state index in [9.17, 15) is 4.79 Å². The maximum absolute atomic E-state index is 14.3. The number of aromatic nitrogens is 2. The van der Waals surface area contributed by atoms with Gasteiger partial charge in [-0.3, -0.25) is 4.79 Å². The van der Waals surface area contributed by atoms with Crippen molar-refractivity contribution in [2.45, 2.75) is 38.6 Å². The number of para-hydroxylation sites is 1. The van der Waals surface area contributed by atoms with Crippen molar-refractivity contribution in [2.75, 3.05) is 6.54 Å². The third kappa shape index (κ3) is 4.09. The first kappa shape index (κ1) is 21.2. The molecule has 0 aliphatic carbocycles. The molecule has 0 spiro atoms. The molecule has 0 bridgehead atoms. The van der Waals surface area contributed by atoms with E-state index in [0.29, 0.717) is 0 Å². The number of piperidine rings is 1. The minimum Gasteiger partial charge on any atom is -0.331 e. The molecule has 33 heavy (non-hydrogen) atoms.